The van der Waals surface area contributed by atoms with Crippen molar-refractivity contribution in [3.05, 3.63) is 42.1 Å². The molecule has 4 nitrogen and oxygen atoms in total. The summed E-state index contributed by atoms with van der Waals surface area (Å²) in [7, 11) is 0. The molecule has 82 valence electrons. The molecule has 0 aliphatic carbocycles. The second-order valence-electron chi connectivity index (χ2n) is 3.87. The molecule has 3 rings (SSSR count). The number of nitrogens with one attached hydrogen (secondary N) is 2. The molecule has 0 fully saturated rings. The van der Waals surface area contributed by atoms with E-state index in [4.69, 9.17) is 11.0 Å². The third-order valence-corrected chi connectivity index (χ3v) is 2.85. The molecule has 0 spiro atoms. The molecule has 0 atom stereocenters. The van der Waals surface area contributed by atoms with Crippen molar-refractivity contribution >= 4 is 16.7 Å². The Balaban J connectivity index is 2.24. The molecule has 3 aromatic rings. The highest BCUT2D eigenvalue weighted by atomic mass is 14.9. The average molecular weight is 222 g/mol. The zero-order valence-corrected chi connectivity index (χ0v) is 8.99. The molecule has 0 aliphatic heterocycles. The van der Waals surface area contributed by atoms with Crippen LogP contribution in [0.1, 0.15) is 5.56 Å². The molecule has 0 saturated heterocycles. The summed E-state index contributed by atoms with van der Waals surface area (Å²) in [6, 6.07) is 11.8. The van der Waals surface area contributed by atoms with Crippen molar-refractivity contribution in [1.82, 2.24) is 9.97 Å². The topological polar surface area (TPSA) is 81.4 Å². The number of nitrogen functional groups attached to an aromatic ring is 1. The number of H-pyrrole nitrogens is 2. The van der Waals surface area contributed by atoms with E-state index >= 15 is 0 Å². The molecule has 1 aromatic carbocycles. The van der Waals surface area contributed by atoms with E-state index in [1.165, 1.54) is 0 Å². The summed E-state index contributed by atoms with van der Waals surface area (Å²) in [5.41, 5.74) is 9.13. The van der Waals surface area contributed by atoms with Crippen LogP contribution in [0, 0.1) is 11.3 Å². The van der Waals surface area contributed by atoms with Crippen molar-refractivity contribution in [3.63, 3.8) is 0 Å². The fraction of sp³-hybridized carbons (Fsp3) is 0. The summed E-state index contributed by atoms with van der Waals surface area (Å²) in [6.07, 6.45) is 1.91. The molecule has 0 amide bonds. The van der Waals surface area contributed by atoms with Gasteiger partial charge in [0.05, 0.1) is 11.3 Å². The van der Waals surface area contributed by atoms with Crippen molar-refractivity contribution in [1.29, 1.82) is 5.26 Å². The third-order valence-electron chi connectivity index (χ3n) is 2.85. The van der Waals surface area contributed by atoms with Crippen LogP contribution in [0.5, 0.6) is 0 Å². The van der Waals surface area contributed by atoms with Crippen LogP contribution in [-0.4, -0.2) is 9.97 Å². The molecule has 0 unspecified atom stereocenters. The second kappa shape index (κ2) is 3.42. The summed E-state index contributed by atoms with van der Waals surface area (Å²) in [5, 5.41) is 9.99. The number of fused-ring (bicyclic) bond motifs is 1. The zero-order valence-electron chi connectivity index (χ0n) is 8.99. The highest BCUT2D eigenvalue weighted by molar-refractivity contribution is 5.95. The van der Waals surface area contributed by atoms with Crippen LogP contribution in [-0.2, 0) is 0 Å². The summed E-state index contributed by atoms with van der Waals surface area (Å²) < 4.78 is 0. The van der Waals surface area contributed by atoms with Crippen LogP contribution in [0.2, 0.25) is 0 Å². The summed E-state index contributed by atoms with van der Waals surface area (Å²) in [5.74, 6) is 0.410. The van der Waals surface area contributed by atoms with E-state index in [2.05, 4.69) is 16.0 Å². The molecule has 4 N–H and O–H groups in total. The Labute approximate surface area is 97.7 Å². The quantitative estimate of drug-likeness (QED) is 0.591. The maximum absolute atomic E-state index is 8.88. The van der Waals surface area contributed by atoms with Crippen molar-refractivity contribution in [2.45, 2.75) is 0 Å². The number of hydrogen-bond donors (Lipinski definition) is 3. The normalized spacial score (nSPS) is 10.5. The van der Waals surface area contributed by atoms with Gasteiger partial charge in [0, 0.05) is 22.7 Å². The highest BCUT2D eigenvalue weighted by Crippen LogP contribution is 2.29. The number of aromatic nitrogens is 2. The first-order chi connectivity index (χ1) is 8.29. The van der Waals surface area contributed by atoms with Crippen LogP contribution < -0.4 is 5.73 Å². The highest BCUT2D eigenvalue weighted by Gasteiger charge is 2.10. The molecule has 2 heterocycles. The van der Waals surface area contributed by atoms with E-state index in [-0.39, 0.29) is 0 Å². The lowest BCUT2D eigenvalue weighted by Crippen LogP contribution is -1.86. The van der Waals surface area contributed by atoms with Gasteiger partial charge in [-0.2, -0.15) is 5.26 Å². The van der Waals surface area contributed by atoms with Crippen LogP contribution >= 0.6 is 0 Å². The fourth-order valence-electron chi connectivity index (χ4n) is 2.00. The molecule has 0 bridgehead atoms. The Kier molecular flexibility index (Phi) is 1.92. The third kappa shape index (κ3) is 1.37. The zero-order chi connectivity index (χ0) is 11.8. The number of nitriles is 1. The number of anilines is 1. The minimum absolute atomic E-state index is 0.410. The number of nitrogens with zero attached hydrogens (tertiary/aromatic N) is 1. The average Bonchev–Trinajstić information content (AvgIpc) is 2.92. The van der Waals surface area contributed by atoms with Crippen LogP contribution in [0.15, 0.2) is 36.5 Å². The van der Waals surface area contributed by atoms with Crippen molar-refractivity contribution in [2.24, 2.45) is 0 Å². The van der Waals surface area contributed by atoms with Crippen LogP contribution in [0.25, 0.3) is 22.2 Å². The summed E-state index contributed by atoms with van der Waals surface area (Å²) in [6.45, 7) is 0. The Bertz CT molecular complexity index is 727. The molecular weight excluding hydrogens is 212 g/mol. The fourth-order valence-corrected chi connectivity index (χ4v) is 2.00. The van der Waals surface area contributed by atoms with Gasteiger partial charge in [-0.1, -0.05) is 18.2 Å². The number of para-hydroxylation sites is 1. The van der Waals surface area contributed by atoms with Gasteiger partial charge in [-0.15, -0.1) is 0 Å². The Hall–Kier alpha value is -2.67. The largest absolute Gasteiger partial charge is 0.384 e. The molecular formula is C13H10N4. The van der Waals surface area contributed by atoms with E-state index in [0.717, 1.165) is 22.2 Å². The van der Waals surface area contributed by atoms with Gasteiger partial charge in [0.1, 0.15) is 11.9 Å². The van der Waals surface area contributed by atoms with Gasteiger partial charge < -0.3 is 15.7 Å². The Morgan fingerprint density at radius 1 is 1.24 bits per heavy atom. The standard InChI is InChI=1S/C13H10N4/c14-6-8-5-12(17-13(8)15)10-7-16-11-4-2-1-3-9(10)11/h1-5,7,16-17H,15H2. The number of rotatable bonds is 1. The summed E-state index contributed by atoms with van der Waals surface area (Å²) in [4.78, 5) is 6.22. The van der Waals surface area contributed by atoms with Crippen molar-refractivity contribution < 1.29 is 0 Å². The molecule has 0 aliphatic rings. The van der Waals surface area contributed by atoms with E-state index in [0.29, 0.717) is 11.4 Å². The molecule has 0 radical (unpaired) electrons. The lowest BCUT2D eigenvalue weighted by atomic mass is 10.1. The molecule has 4 heteroatoms. The van der Waals surface area contributed by atoms with Crippen LogP contribution in [0.3, 0.4) is 0 Å². The first-order valence-electron chi connectivity index (χ1n) is 5.24. The number of nitrogens with two attached hydrogens (primary N) is 1. The summed E-state index contributed by atoms with van der Waals surface area (Å²) >= 11 is 0. The number of aromatic amines is 2. The number of benzene rings is 1. The van der Waals surface area contributed by atoms with E-state index in [1.807, 2.05) is 30.5 Å². The van der Waals surface area contributed by atoms with Crippen molar-refractivity contribution in [3.8, 4) is 17.3 Å². The predicted octanol–water partition coefficient (Wildman–Crippen LogP) is 2.62. The predicted molar refractivity (Wildman–Crippen MR) is 67.2 cm³/mol. The van der Waals surface area contributed by atoms with Gasteiger partial charge in [0.2, 0.25) is 0 Å². The second-order valence-corrected chi connectivity index (χ2v) is 3.87. The van der Waals surface area contributed by atoms with Gasteiger partial charge in [-0.25, -0.2) is 0 Å². The van der Waals surface area contributed by atoms with E-state index < -0.39 is 0 Å². The Morgan fingerprint density at radius 3 is 2.82 bits per heavy atom. The van der Waals surface area contributed by atoms with Crippen molar-refractivity contribution in [2.75, 3.05) is 5.73 Å². The van der Waals surface area contributed by atoms with Gasteiger partial charge in [-0.05, 0) is 12.1 Å². The maximum Gasteiger partial charge on any atom is 0.119 e. The molecule has 17 heavy (non-hydrogen) atoms. The Morgan fingerprint density at radius 2 is 2.06 bits per heavy atom. The lowest BCUT2D eigenvalue weighted by Gasteiger charge is -1.94. The minimum Gasteiger partial charge on any atom is -0.384 e. The first kappa shape index (κ1) is 9.55. The first-order valence-corrected chi connectivity index (χ1v) is 5.24. The van der Waals surface area contributed by atoms with Crippen LogP contribution in [0.4, 0.5) is 5.82 Å². The molecule has 0 saturated carbocycles. The van der Waals surface area contributed by atoms with Gasteiger partial charge in [0.15, 0.2) is 0 Å². The monoisotopic (exact) mass is 222 g/mol. The maximum atomic E-state index is 8.88. The van der Waals surface area contributed by atoms with E-state index in [1.54, 1.807) is 6.07 Å². The van der Waals surface area contributed by atoms with Gasteiger partial charge >= 0.3 is 0 Å². The number of hydrogen-bond acceptors (Lipinski definition) is 2. The van der Waals surface area contributed by atoms with Gasteiger partial charge in [-0.3, -0.25) is 0 Å². The van der Waals surface area contributed by atoms with E-state index in [9.17, 15) is 0 Å². The lowest BCUT2D eigenvalue weighted by molar-refractivity contribution is 1.39. The minimum atomic E-state index is 0.410. The molecule has 2 aromatic heterocycles. The SMILES string of the molecule is N#Cc1cc(-c2c[nH]c3ccccc23)[nH]c1N. The smallest absolute Gasteiger partial charge is 0.119 e. The van der Waals surface area contributed by atoms with Gasteiger partial charge in [0.25, 0.3) is 0 Å².